The highest BCUT2D eigenvalue weighted by atomic mass is 32.2. The number of carbonyl (C=O) groups is 1. The molecule has 0 atom stereocenters. The molecule has 1 fully saturated rings. The SMILES string of the molecule is O=C(CSc1cc(N2CCN(c3ccccc3)CC2)ncn1)NCc1ccc(F)cc1. The van der Waals surface area contributed by atoms with Crippen molar-refractivity contribution < 1.29 is 9.18 Å². The molecular weight excluding hydrogens is 413 g/mol. The van der Waals surface area contributed by atoms with Crippen molar-refractivity contribution in [1.82, 2.24) is 15.3 Å². The molecule has 2 aromatic carbocycles. The lowest BCUT2D eigenvalue weighted by Gasteiger charge is -2.36. The molecule has 0 spiro atoms. The zero-order chi connectivity index (χ0) is 21.5. The maximum absolute atomic E-state index is 12.9. The van der Waals surface area contributed by atoms with Crippen LogP contribution in [0.4, 0.5) is 15.9 Å². The molecule has 3 aromatic rings. The number of thioether (sulfide) groups is 1. The number of anilines is 2. The Labute approximate surface area is 185 Å². The fourth-order valence-corrected chi connectivity index (χ4v) is 4.10. The van der Waals surface area contributed by atoms with E-state index in [-0.39, 0.29) is 17.5 Å². The van der Waals surface area contributed by atoms with Crippen molar-refractivity contribution in [3.05, 3.63) is 78.4 Å². The summed E-state index contributed by atoms with van der Waals surface area (Å²) in [7, 11) is 0. The minimum absolute atomic E-state index is 0.0917. The number of carbonyl (C=O) groups excluding carboxylic acids is 1. The van der Waals surface area contributed by atoms with Crippen LogP contribution in [0.1, 0.15) is 5.56 Å². The zero-order valence-electron chi connectivity index (χ0n) is 17.1. The standard InChI is InChI=1S/C23H24FN5OS/c24-19-8-6-18(7-9-19)15-25-22(30)16-31-23-14-21(26-17-27-23)29-12-10-28(11-13-29)20-4-2-1-3-5-20/h1-9,14,17H,10-13,15-16H2,(H,25,30). The maximum Gasteiger partial charge on any atom is 0.230 e. The average molecular weight is 438 g/mol. The summed E-state index contributed by atoms with van der Waals surface area (Å²) in [5, 5.41) is 3.62. The number of hydrogen-bond donors (Lipinski definition) is 1. The number of rotatable bonds is 7. The van der Waals surface area contributed by atoms with E-state index in [0.29, 0.717) is 6.54 Å². The second kappa shape index (κ2) is 10.3. The lowest BCUT2D eigenvalue weighted by molar-refractivity contribution is -0.118. The molecule has 8 heteroatoms. The number of nitrogens with zero attached hydrogens (tertiary/aromatic N) is 4. The third kappa shape index (κ3) is 5.95. The number of benzene rings is 2. The molecule has 1 saturated heterocycles. The second-order valence-corrected chi connectivity index (χ2v) is 8.21. The van der Waals surface area contributed by atoms with Gasteiger partial charge in [0.1, 0.15) is 23.0 Å². The van der Waals surface area contributed by atoms with Gasteiger partial charge in [-0.2, -0.15) is 0 Å². The molecular formula is C23H24FN5OS. The molecule has 31 heavy (non-hydrogen) atoms. The summed E-state index contributed by atoms with van der Waals surface area (Å²) in [6, 6.07) is 18.5. The summed E-state index contributed by atoms with van der Waals surface area (Å²) in [4.78, 5) is 25.5. The van der Waals surface area contributed by atoms with Crippen LogP contribution in [0.5, 0.6) is 0 Å². The Bertz CT molecular complexity index is 994. The molecule has 1 aromatic heterocycles. The van der Waals surface area contributed by atoms with Crippen LogP contribution in [0, 0.1) is 5.82 Å². The maximum atomic E-state index is 12.9. The first-order chi connectivity index (χ1) is 15.2. The van der Waals surface area contributed by atoms with Gasteiger partial charge in [0, 0.05) is 44.5 Å². The molecule has 4 rings (SSSR count). The van der Waals surface area contributed by atoms with Gasteiger partial charge in [-0.25, -0.2) is 14.4 Å². The van der Waals surface area contributed by atoms with Crippen LogP contribution in [0.2, 0.25) is 0 Å². The van der Waals surface area contributed by atoms with Crippen LogP contribution in [-0.4, -0.2) is 47.8 Å². The van der Waals surface area contributed by atoms with Gasteiger partial charge in [-0.05, 0) is 29.8 Å². The summed E-state index contributed by atoms with van der Waals surface area (Å²) in [6.45, 7) is 4.01. The highest BCUT2D eigenvalue weighted by Crippen LogP contribution is 2.22. The Morgan fingerprint density at radius 1 is 0.968 bits per heavy atom. The molecule has 1 aliphatic rings. The largest absolute Gasteiger partial charge is 0.368 e. The fourth-order valence-electron chi connectivity index (χ4n) is 3.41. The van der Waals surface area contributed by atoms with Gasteiger partial charge in [-0.15, -0.1) is 0 Å². The summed E-state index contributed by atoms with van der Waals surface area (Å²) in [5.41, 5.74) is 2.10. The fraction of sp³-hybridized carbons (Fsp3) is 0.261. The molecule has 0 unspecified atom stereocenters. The predicted molar refractivity (Wildman–Crippen MR) is 122 cm³/mol. The van der Waals surface area contributed by atoms with E-state index < -0.39 is 0 Å². The number of para-hydroxylation sites is 1. The number of nitrogens with one attached hydrogen (secondary N) is 1. The lowest BCUT2D eigenvalue weighted by Crippen LogP contribution is -2.46. The van der Waals surface area contributed by atoms with Crippen molar-refractivity contribution in [2.75, 3.05) is 41.7 Å². The van der Waals surface area contributed by atoms with Crippen molar-refractivity contribution in [1.29, 1.82) is 0 Å². The number of amides is 1. The van der Waals surface area contributed by atoms with Crippen LogP contribution >= 0.6 is 11.8 Å². The molecule has 1 N–H and O–H groups in total. The van der Waals surface area contributed by atoms with Crippen molar-refractivity contribution in [2.24, 2.45) is 0 Å². The topological polar surface area (TPSA) is 61.4 Å². The molecule has 6 nitrogen and oxygen atoms in total. The first kappa shape index (κ1) is 21.1. The van der Waals surface area contributed by atoms with Crippen molar-refractivity contribution in [3.8, 4) is 0 Å². The molecule has 1 amide bonds. The molecule has 1 aliphatic heterocycles. The van der Waals surface area contributed by atoms with Gasteiger partial charge in [0.15, 0.2) is 0 Å². The highest BCUT2D eigenvalue weighted by molar-refractivity contribution is 7.99. The minimum atomic E-state index is -0.285. The first-order valence-corrected chi connectivity index (χ1v) is 11.2. The van der Waals surface area contributed by atoms with Crippen molar-refractivity contribution >= 4 is 29.2 Å². The van der Waals surface area contributed by atoms with Gasteiger partial charge in [-0.3, -0.25) is 4.79 Å². The van der Waals surface area contributed by atoms with Gasteiger partial charge in [0.25, 0.3) is 0 Å². The van der Waals surface area contributed by atoms with Crippen molar-refractivity contribution in [3.63, 3.8) is 0 Å². The van der Waals surface area contributed by atoms with Crippen LogP contribution in [0.15, 0.2) is 72.0 Å². The second-order valence-electron chi connectivity index (χ2n) is 7.22. The van der Waals surface area contributed by atoms with Gasteiger partial charge in [0.2, 0.25) is 5.91 Å². The van der Waals surface area contributed by atoms with Gasteiger partial charge in [-0.1, -0.05) is 42.1 Å². The highest BCUT2D eigenvalue weighted by Gasteiger charge is 2.18. The Morgan fingerprint density at radius 3 is 2.42 bits per heavy atom. The van der Waals surface area contributed by atoms with E-state index in [4.69, 9.17) is 0 Å². The van der Waals surface area contributed by atoms with E-state index in [2.05, 4.69) is 49.4 Å². The molecule has 0 aliphatic carbocycles. The Kier molecular flexibility index (Phi) is 6.99. The number of piperazine rings is 1. The number of hydrogen-bond acceptors (Lipinski definition) is 6. The lowest BCUT2D eigenvalue weighted by atomic mass is 10.2. The van der Waals surface area contributed by atoms with Gasteiger partial charge < -0.3 is 15.1 Å². The third-order valence-corrected chi connectivity index (χ3v) is 6.03. The van der Waals surface area contributed by atoms with Gasteiger partial charge >= 0.3 is 0 Å². The zero-order valence-corrected chi connectivity index (χ0v) is 17.9. The summed E-state index contributed by atoms with van der Waals surface area (Å²) in [5.74, 6) is 0.772. The normalized spacial score (nSPS) is 13.8. The average Bonchev–Trinajstić information content (AvgIpc) is 2.83. The van der Waals surface area contributed by atoms with Gasteiger partial charge in [0.05, 0.1) is 5.75 Å². The van der Waals surface area contributed by atoms with E-state index in [9.17, 15) is 9.18 Å². The monoisotopic (exact) mass is 437 g/mol. The van der Waals surface area contributed by atoms with E-state index in [1.165, 1.54) is 29.6 Å². The molecule has 0 radical (unpaired) electrons. The Morgan fingerprint density at radius 2 is 1.68 bits per heavy atom. The van der Waals surface area contributed by atoms with Crippen molar-refractivity contribution in [2.45, 2.75) is 11.6 Å². The van der Waals surface area contributed by atoms with Crippen LogP contribution in [0.25, 0.3) is 0 Å². The third-order valence-electron chi connectivity index (χ3n) is 5.11. The van der Waals surface area contributed by atoms with E-state index in [1.807, 2.05) is 12.1 Å². The van der Waals surface area contributed by atoms with Crippen LogP contribution in [0.3, 0.4) is 0 Å². The first-order valence-electron chi connectivity index (χ1n) is 10.2. The molecule has 2 heterocycles. The van der Waals surface area contributed by atoms with E-state index >= 15 is 0 Å². The minimum Gasteiger partial charge on any atom is -0.368 e. The summed E-state index contributed by atoms with van der Waals surface area (Å²) >= 11 is 1.38. The number of aromatic nitrogens is 2. The predicted octanol–water partition coefficient (Wildman–Crippen LogP) is 3.35. The quantitative estimate of drug-likeness (QED) is 0.452. The number of halogens is 1. The summed E-state index contributed by atoms with van der Waals surface area (Å²) < 4.78 is 12.9. The smallest absolute Gasteiger partial charge is 0.230 e. The van der Waals surface area contributed by atoms with Crippen LogP contribution in [-0.2, 0) is 11.3 Å². The van der Waals surface area contributed by atoms with E-state index in [0.717, 1.165) is 42.6 Å². The van der Waals surface area contributed by atoms with Crippen LogP contribution < -0.4 is 15.1 Å². The molecule has 0 saturated carbocycles. The molecule has 160 valence electrons. The molecule has 0 bridgehead atoms. The Balaban J connectivity index is 1.25. The Hall–Kier alpha value is -3.13. The van der Waals surface area contributed by atoms with E-state index in [1.54, 1.807) is 18.5 Å². The summed E-state index contributed by atoms with van der Waals surface area (Å²) in [6.07, 6.45) is 1.55.